The third-order valence-electron chi connectivity index (χ3n) is 4.75. The van der Waals surface area contributed by atoms with E-state index in [1.165, 1.54) is 21.7 Å². The first-order chi connectivity index (χ1) is 13.7. The van der Waals surface area contributed by atoms with Crippen LogP contribution in [0, 0.1) is 0 Å². The lowest BCUT2D eigenvalue weighted by molar-refractivity contribution is -0.117. The van der Waals surface area contributed by atoms with Crippen LogP contribution in [0.25, 0.3) is 16.2 Å². The minimum atomic E-state index is 0.0983. The van der Waals surface area contributed by atoms with Gasteiger partial charge in [-0.1, -0.05) is 11.6 Å². The normalized spacial score (nSPS) is 13.9. The molecule has 0 atom stereocenters. The van der Waals surface area contributed by atoms with Gasteiger partial charge in [0, 0.05) is 25.2 Å². The van der Waals surface area contributed by atoms with E-state index in [9.17, 15) is 4.79 Å². The Balaban J connectivity index is 1.36. The highest BCUT2D eigenvalue weighted by molar-refractivity contribution is 7.16. The van der Waals surface area contributed by atoms with Crippen LogP contribution >= 0.6 is 22.9 Å². The molecule has 0 bridgehead atoms. The molecule has 7 nitrogen and oxygen atoms in total. The van der Waals surface area contributed by atoms with Crippen molar-refractivity contribution in [3.05, 3.63) is 58.1 Å². The minimum absolute atomic E-state index is 0.0983. The third-order valence-corrected chi connectivity index (χ3v) is 5.76. The summed E-state index contributed by atoms with van der Waals surface area (Å²) < 4.78 is 0. The number of nitrogens with zero attached hydrogens (tertiary/aromatic N) is 6. The lowest BCUT2D eigenvalue weighted by Gasteiger charge is -2.09. The van der Waals surface area contributed by atoms with Gasteiger partial charge in [-0.05, 0) is 41.5 Å². The molecule has 0 unspecified atom stereocenters. The number of Topliss-reactive ketones (excluding diaryl/α,β-unsaturated/α-hetero) is 1. The second-order valence-electron chi connectivity index (χ2n) is 6.84. The quantitative estimate of drug-likeness (QED) is 0.483. The molecule has 0 saturated heterocycles. The number of halogens is 1. The first-order valence-electron chi connectivity index (χ1n) is 8.93. The monoisotopic (exact) mass is 410 g/mol. The molecule has 4 aromatic rings. The van der Waals surface area contributed by atoms with Gasteiger partial charge in [-0.3, -0.25) is 4.79 Å². The number of pyridine rings is 2. The van der Waals surface area contributed by atoms with Crippen LogP contribution in [0.15, 0.2) is 36.4 Å². The molecule has 140 valence electrons. The smallest absolute Gasteiger partial charge is 0.193 e. The van der Waals surface area contributed by atoms with Gasteiger partial charge in [0.2, 0.25) is 0 Å². The molecular formula is C19H15ClN6OS. The fraction of sp³-hybridized carbons (Fsp3) is 0.263. The summed E-state index contributed by atoms with van der Waals surface area (Å²) in [5, 5.41) is 8.46. The highest BCUT2D eigenvalue weighted by Crippen LogP contribution is 2.44. The van der Waals surface area contributed by atoms with Crippen molar-refractivity contribution in [1.29, 1.82) is 0 Å². The lowest BCUT2D eigenvalue weighted by Crippen LogP contribution is -2.10. The number of ketones is 1. The summed E-state index contributed by atoms with van der Waals surface area (Å²) in [6.07, 6.45) is 9.50. The number of carbonyl (C=O) groups is 1. The summed E-state index contributed by atoms with van der Waals surface area (Å²) in [6.45, 7) is 0. The zero-order valence-electron chi connectivity index (χ0n) is 14.7. The van der Waals surface area contributed by atoms with E-state index in [0.717, 1.165) is 34.3 Å². The maximum absolute atomic E-state index is 12.7. The van der Waals surface area contributed by atoms with Crippen molar-refractivity contribution >= 4 is 39.1 Å². The second kappa shape index (κ2) is 7.03. The highest BCUT2D eigenvalue weighted by Gasteiger charge is 2.30. The highest BCUT2D eigenvalue weighted by atomic mass is 35.5. The Labute approximate surface area is 169 Å². The molecule has 0 aliphatic heterocycles. The lowest BCUT2D eigenvalue weighted by atomic mass is 9.98. The first kappa shape index (κ1) is 17.4. The molecule has 5 rings (SSSR count). The van der Waals surface area contributed by atoms with E-state index in [2.05, 4.69) is 25.1 Å². The fourth-order valence-electron chi connectivity index (χ4n) is 3.38. The van der Waals surface area contributed by atoms with Crippen molar-refractivity contribution in [2.75, 3.05) is 0 Å². The van der Waals surface area contributed by atoms with Gasteiger partial charge in [0.05, 0.1) is 22.9 Å². The van der Waals surface area contributed by atoms with Crippen LogP contribution in [0.5, 0.6) is 0 Å². The average Bonchev–Trinajstić information content (AvgIpc) is 3.16. The SMILES string of the molecule is O=C(Cc1cnc(-n2nccn2)c(Cl)c1)Cc1cnc2scnc2c1C1CC1. The minimum Gasteiger partial charge on any atom is -0.299 e. The van der Waals surface area contributed by atoms with Crippen LogP contribution in [0.2, 0.25) is 5.02 Å². The van der Waals surface area contributed by atoms with Crippen molar-refractivity contribution in [2.45, 2.75) is 31.6 Å². The average molecular weight is 411 g/mol. The molecule has 0 amide bonds. The molecular weight excluding hydrogens is 396 g/mol. The largest absolute Gasteiger partial charge is 0.299 e. The van der Waals surface area contributed by atoms with E-state index < -0.39 is 0 Å². The zero-order valence-corrected chi connectivity index (χ0v) is 16.3. The molecule has 1 fully saturated rings. The Bertz CT molecular complexity index is 1170. The van der Waals surface area contributed by atoms with Gasteiger partial charge in [-0.15, -0.1) is 16.1 Å². The molecule has 4 heterocycles. The Morgan fingerprint density at radius 3 is 2.71 bits per heavy atom. The third kappa shape index (κ3) is 3.29. The Morgan fingerprint density at radius 2 is 1.96 bits per heavy atom. The van der Waals surface area contributed by atoms with Crippen LogP contribution in [-0.2, 0) is 17.6 Å². The standard InChI is InChI=1S/C19H15ClN6OS/c20-15-6-11(8-21-18(15)26-24-3-4-25-26)5-14(27)7-13-9-22-19-17(23-10-28-19)16(13)12-1-2-12/h3-4,6,8-10,12H,1-2,5,7H2. The Kier molecular flexibility index (Phi) is 4.37. The van der Waals surface area contributed by atoms with E-state index in [1.54, 1.807) is 24.7 Å². The summed E-state index contributed by atoms with van der Waals surface area (Å²) >= 11 is 7.84. The van der Waals surface area contributed by atoms with Gasteiger partial charge >= 0.3 is 0 Å². The van der Waals surface area contributed by atoms with Crippen molar-refractivity contribution < 1.29 is 4.79 Å². The molecule has 0 spiro atoms. The number of aromatic nitrogens is 6. The topological polar surface area (TPSA) is 86.5 Å². The summed E-state index contributed by atoms with van der Waals surface area (Å²) in [6, 6.07) is 1.74. The molecule has 1 aliphatic carbocycles. The maximum Gasteiger partial charge on any atom is 0.193 e. The zero-order chi connectivity index (χ0) is 19.1. The number of fused-ring (bicyclic) bond motifs is 1. The summed E-state index contributed by atoms with van der Waals surface area (Å²) in [4.78, 5) is 28.3. The molecule has 4 aromatic heterocycles. The van der Waals surface area contributed by atoms with Crippen LogP contribution in [0.1, 0.15) is 35.4 Å². The number of thiazole rings is 1. The van der Waals surface area contributed by atoms with Crippen molar-refractivity contribution in [3.63, 3.8) is 0 Å². The second-order valence-corrected chi connectivity index (χ2v) is 8.08. The van der Waals surface area contributed by atoms with Crippen molar-refractivity contribution in [3.8, 4) is 5.82 Å². The molecule has 0 aromatic carbocycles. The van der Waals surface area contributed by atoms with Crippen LogP contribution in [0.3, 0.4) is 0 Å². The van der Waals surface area contributed by atoms with Crippen molar-refractivity contribution in [2.24, 2.45) is 0 Å². The number of carbonyl (C=O) groups excluding carboxylic acids is 1. The predicted octanol–water partition coefficient (Wildman–Crippen LogP) is 3.55. The number of rotatable bonds is 6. The summed E-state index contributed by atoms with van der Waals surface area (Å²) in [5.41, 5.74) is 5.73. The van der Waals surface area contributed by atoms with Gasteiger partial charge in [-0.25, -0.2) is 15.0 Å². The van der Waals surface area contributed by atoms with Gasteiger partial charge in [-0.2, -0.15) is 10.2 Å². The Hall–Kier alpha value is -2.71. The van der Waals surface area contributed by atoms with Crippen LogP contribution < -0.4 is 0 Å². The van der Waals surface area contributed by atoms with Gasteiger partial charge in [0.15, 0.2) is 5.82 Å². The maximum atomic E-state index is 12.7. The Morgan fingerprint density at radius 1 is 1.14 bits per heavy atom. The molecule has 1 aliphatic rings. The molecule has 9 heteroatoms. The van der Waals surface area contributed by atoms with Crippen LogP contribution in [-0.4, -0.2) is 35.7 Å². The summed E-state index contributed by atoms with van der Waals surface area (Å²) in [7, 11) is 0. The molecule has 1 saturated carbocycles. The predicted molar refractivity (Wildman–Crippen MR) is 106 cm³/mol. The number of hydrogen-bond acceptors (Lipinski definition) is 7. The van der Waals surface area contributed by atoms with Gasteiger partial charge in [0.1, 0.15) is 16.1 Å². The summed E-state index contributed by atoms with van der Waals surface area (Å²) in [5.74, 6) is 1.05. The van der Waals surface area contributed by atoms with E-state index in [0.29, 0.717) is 23.2 Å². The van der Waals surface area contributed by atoms with E-state index in [-0.39, 0.29) is 12.2 Å². The fourth-order valence-corrected chi connectivity index (χ4v) is 4.30. The van der Waals surface area contributed by atoms with E-state index in [1.807, 2.05) is 11.7 Å². The molecule has 0 radical (unpaired) electrons. The van der Waals surface area contributed by atoms with Gasteiger partial charge in [0.25, 0.3) is 0 Å². The number of hydrogen-bond donors (Lipinski definition) is 0. The molecule has 28 heavy (non-hydrogen) atoms. The van der Waals surface area contributed by atoms with Gasteiger partial charge < -0.3 is 0 Å². The van der Waals surface area contributed by atoms with Crippen LogP contribution in [0.4, 0.5) is 0 Å². The van der Waals surface area contributed by atoms with E-state index in [4.69, 9.17) is 11.6 Å². The molecule has 0 N–H and O–H groups in total. The van der Waals surface area contributed by atoms with Crippen molar-refractivity contribution in [1.82, 2.24) is 29.9 Å². The first-order valence-corrected chi connectivity index (χ1v) is 10.2. The van der Waals surface area contributed by atoms with E-state index >= 15 is 0 Å².